The van der Waals surface area contributed by atoms with Gasteiger partial charge in [0.1, 0.15) is 25.9 Å². The molecule has 2 aliphatic rings. The van der Waals surface area contributed by atoms with E-state index >= 15 is 0 Å². The average molecular weight is 362 g/mol. The Kier molecular flexibility index (Phi) is 4.26. The number of nitrogens with zero attached hydrogens (tertiary/aromatic N) is 4. The van der Waals surface area contributed by atoms with Gasteiger partial charge >= 0.3 is 0 Å². The zero-order valence-electron chi connectivity index (χ0n) is 15.1. The van der Waals surface area contributed by atoms with Crippen molar-refractivity contribution in [2.75, 3.05) is 19.8 Å². The zero-order chi connectivity index (χ0) is 18.1. The van der Waals surface area contributed by atoms with Gasteiger partial charge in [0.25, 0.3) is 0 Å². The Labute approximate surface area is 158 Å². The molecule has 3 aromatic rings. The van der Waals surface area contributed by atoms with Crippen LogP contribution in [0.1, 0.15) is 30.0 Å². The van der Waals surface area contributed by atoms with Crippen LogP contribution in [-0.2, 0) is 6.54 Å². The summed E-state index contributed by atoms with van der Waals surface area (Å²) in [6.45, 7) is 3.32. The maximum absolute atomic E-state index is 5.77. The summed E-state index contributed by atoms with van der Waals surface area (Å²) in [5.41, 5.74) is 3.65. The second kappa shape index (κ2) is 7.04. The van der Waals surface area contributed by atoms with E-state index in [-0.39, 0.29) is 0 Å². The summed E-state index contributed by atoms with van der Waals surface area (Å²) >= 11 is 0. The molecule has 1 atom stereocenters. The average Bonchev–Trinajstić information content (AvgIpc) is 3.40. The lowest BCUT2D eigenvalue weighted by Crippen LogP contribution is -2.23. The normalized spacial score (nSPS) is 19.3. The van der Waals surface area contributed by atoms with E-state index in [1.54, 1.807) is 17.3 Å². The molecule has 0 saturated carbocycles. The zero-order valence-corrected chi connectivity index (χ0v) is 15.1. The maximum Gasteiger partial charge on any atom is 0.161 e. The van der Waals surface area contributed by atoms with Gasteiger partial charge in [-0.15, -0.1) is 0 Å². The Bertz CT molecular complexity index is 908. The van der Waals surface area contributed by atoms with Crippen LogP contribution >= 0.6 is 0 Å². The molecule has 0 aliphatic carbocycles. The van der Waals surface area contributed by atoms with Gasteiger partial charge in [-0.1, -0.05) is 18.2 Å². The highest BCUT2D eigenvalue weighted by atomic mass is 16.6. The number of fused-ring (bicyclic) bond motifs is 1. The molecule has 0 amide bonds. The van der Waals surface area contributed by atoms with Gasteiger partial charge in [-0.3, -0.25) is 4.90 Å². The maximum atomic E-state index is 5.77. The van der Waals surface area contributed by atoms with Gasteiger partial charge in [0.15, 0.2) is 11.5 Å². The number of hydrogen-bond donors (Lipinski definition) is 0. The summed E-state index contributed by atoms with van der Waals surface area (Å²) in [5, 5.41) is 4.18. The van der Waals surface area contributed by atoms with Crippen molar-refractivity contribution in [3.8, 4) is 17.2 Å². The van der Waals surface area contributed by atoms with Crippen LogP contribution < -0.4 is 9.47 Å². The highest BCUT2D eigenvalue weighted by molar-refractivity contribution is 5.45. The number of hydrogen-bond acceptors (Lipinski definition) is 5. The molecule has 1 aromatic heterocycles. The van der Waals surface area contributed by atoms with E-state index < -0.39 is 0 Å². The van der Waals surface area contributed by atoms with Crippen LogP contribution in [0.25, 0.3) is 5.69 Å². The first-order valence-corrected chi connectivity index (χ1v) is 9.44. The molecule has 1 saturated heterocycles. The van der Waals surface area contributed by atoms with E-state index in [0.29, 0.717) is 19.3 Å². The van der Waals surface area contributed by atoms with Crippen molar-refractivity contribution in [1.82, 2.24) is 19.7 Å². The van der Waals surface area contributed by atoms with Crippen molar-refractivity contribution in [2.45, 2.75) is 25.4 Å². The molecule has 0 radical (unpaired) electrons. The Balaban J connectivity index is 1.33. The van der Waals surface area contributed by atoms with E-state index in [4.69, 9.17) is 9.47 Å². The van der Waals surface area contributed by atoms with Crippen LogP contribution in [0.2, 0.25) is 0 Å². The van der Waals surface area contributed by atoms with E-state index in [2.05, 4.69) is 51.4 Å². The molecular formula is C21H22N4O2. The topological polar surface area (TPSA) is 52.4 Å². The van der Waals surface area contributed by atoms with Crippen molar-refractivity contribution in [3.63, 3.8) is 0 Å². The van der Waals surface area contributed by atoms with Crippen LogP contribution in [0, 0.1) is 0 Å². The number of benzene rings is 2. The molecule has 27 heavy (non-hydrogen) atoms. The lowest BCUT2D eigenvalue weighted by atomic mass is 10.0. The quantitative estimate of drug-likeness (QED) is 0.712. The van der Waals surface area contributed by atoms with Crippen molar-refractivity contribution < 1.29 is 9.47 Å². The second-order valence-electron chi connectivity index (χ2n) is 7.04. The predicted molar refractivity (Wildman–Crippen MR) is 101 cm³/mol. The van der Waals surface area contributed by atoms with Crippen molar-refractivity contribution >= 4 is 0 Å². The van der Waals surface area contributed by atoms with Crippen molar-refractivity contribution in [3.05, 3.63) is 66.2 Å². The Morgan fingerprint density at radius 1 is 1.00 bits per heavy atom. The molecule has 0 N–H and O–H groups in total. The molecule has 6 heteroatoms. The standard InChI is InChI=1S/C21H22N4O2/c1-2-19(17-5-8-20-21(12-17)27-11-10-26-20)24(9-1)13-16-3-6-18(7-4-16)25-15-22-14-23-25/h3-8,12,14-15,19H,1-2,9-11,13H2/t19-/m1/s1. The third-order valence-corrected chi connectivity index (χ3v) is 5.32. The monoisotopic (exact) mass is 362 g/mol. The molecule has 0 unspecified atom stereocenters. The van der Waals surface area contributed by atoms with E-state index in [1.807, 2.05) is 6.07 Å². The molecule has 138 valence electrons. The van der Waals surface area contributed by atoms with Crippen LogP contribution in [0.4, 0.5) is 0 Å². The first-order valence-electron chi connectivity index (χ1n) is 9.44. The molecule has 0 spiro atoms. The van der Waals surface area contributed by atoms with Gasteiger partial charge in [-0.25, -0.2) is 9.67 Å². The highest BCUT2D eigenvalue weighted by Gasteiger charge is 2.27. The number of ether oxygens (including phenoxy) is 2. The molecule has 2 aromatic carbocycles. The summed E-state index contributed by atoms with van der Waals surface area (Å²) in [4.78, 5) is 6.55. The number of aromatic nitrogens is 3. The van der Waals surface area contributed by atoms with Gasteiger partial charge in [-0.05, 0) is 54.8 Å². The fraction of sp³-hybridized carbons (Fsp3) is 0.333. The molecule has 6 nitrogen and oxygen atoms in total. The summed E-state index contributed by atoms with van der Waals surface area (Å²) in [6.07, 6.45) is 5.66. The van der Waals surface area contributed by atoms with Crippen molar-refractivity contribution in [1.29, 1.82) is 0 Å². The SMILES string of the molecule is c1ncn(-c2ccc(CN3CCC[C@@H]3c3ccc4c(c3)OCCO4)cc2)n1. The first kappa shape index (κ1) is 16.3. The van der Waals surface area contributed by atoms with E-state index in [9.17, 15) is 0 Å². The summed E-state index contributed by atoms with van der Waals surface area (Å²) in [5.74, 6) is 1.74. The van der Waals surface area contributed by atoms with Crippen LogP contribution in [0.15, 0.2) is 55.1 Å². The molecular weight excluding hydrogens is 340 g/mol. The van der Waals surface area contributed by atoms with Gasteiger partial charge in [0, 0.05) is 12.6 Å². The van der Waals surface area contributed by atoms with Gasteiger partial charge in [0.05, 0.1) is 5.69 Å². The highest BCUT2D eigenvalue weighted by Crippen LogP contribution is 2.38. The fourth-order valence-electron chi connectivity index (χ4n) is 3.99. The molecule has 1 fully saturated rings. The smallest absolute Gasteiger partial charge is 0.161 e. The second-order valence-corrected chi connectivity index (χ2v) is 7.04. The summed E-state index contributed by atoms with van der Waals surface area (Å²) in [6, 6.07) is 15.4. The van der Waals surface area contributed by atoms with Gasteiger partial charge in [0.2, 0.25) is 0 Å². The fourth-order valence-corrected chi connectivity index (χ4v) is 3.99. The molecule has 3 heterocycles. The van der Waals surface area contributed by atoms with Crippen molar-refractivity contribution in [2.24, 2.45) is 0 Å². The Morgan fingerprint density at radius 3 is 2.67 bits per heavy atom. The number of rotatable bonds is 4. The third-order valence-electron chi connectivity index (χ3n) is 5.32. The van der Waals surface area contributed by atoms with Gasteiger partial charge < -0.3 is 9.47 Å². The van der Waals surface area contributed by atoms with E-state index in [0.717, 1.165) is 30.3 Å². The molecule has 5 rings (SSSR count). The minimum absolute atomic E-state index is 0.427. The molecule has 0 bridgehead atoms. The van der Waals surface area contributed by atoms with Crippen LogP contribution in [0.3, 0.4) is 0 Å². The minimum Gasteiger partial charge on any atom is -0.486 e. The lowest BCUT2D eigenvalue weighted by molar-refractivity contribution is 0.170. The van der Waals surface area contributed by atoms with Crippen LogP contribution in [-0.4, -0.2) is 39.4 Å². The lowest BCUT2D eigenvalue weighted by Gasteiger charge is -2.26. The van der Waals surface area contributed by atoms with Gasteiger partial charge in [-0.2, -0.15) is 5.10 Å². The number of likely N-dealkylation sites (tertiary alicyclic amines) is 1. The predicted octanol–water partition coefficient (Wildman–Crippen LogP) is 3.38. The Morgan fingerprint density at radius 2 is 1.85 bits per heavy atom. The first-order chi connectivity index (χ1) is 13.4. The van der Waals surface area contributed by atoms with E-state index in [1.165, 1.54) is 24.0 Å². The van der Waals surface area contributed by atoms with Crippen LogP contribution in [0.5, 0.6) is 11.5 Å². The largest absolute Gasteiger partial charge is 0.486 e. The Hall–Kier alpha value is -2.86. The molecule has 2 aliphatic heterocycles. The third kappa shape index (κ3) is 3.28. The summed E-state index contributed by atoms with van der Waals surface area (Å²) < 4.78 is 13.2. The summed E-state index contributed by atoms with van der Waals surface area (Å²) in [7, 11) is 0. The minimum atomic E-state index is 0.427.